The van der Waals surface area contributed by atoms with E-state index in [2.05, 4.69) is 26.4 Å². The minimum absolute atomic E-state index is 0.102. The first-order chi connectivity index (χ1) is 14.8. The van der Waals surface area contributed by atoms with Gasteiger partial charge in [0.1, 0.15) is 11.9 Å². The van der Waals surface area contributed by atoms with Crippen molar-refractivity contribution in [2.45, 2.75) is 12.5 Å². The van der Waals surface area contributed by atoms with Gasteiger partial charge >= 0.3 is 0 Å². The number of carbonyl (C=O) groups is 1. The molecule has 2 aromatic carbocycles. The summed E-state index contributed by atoms with van der Waals surface area (Å²) in [5.41, 5.74) is 4.37. The van der Waals surface area contributed by atoms with Gasteiger partial charge in [-0.1, -0.05) is 6.07 Å². The van der Waals surface area contributed by atoms with Crippen molar-refractivity contribution in [3.63, 3.8) is 0 Å². The Bertz CT molecular complexity index is 1180. The highest BCUT2D eigenvalue weighted by Crippen LogP contribution is 2.32. The molecule has 4 aromatic rings. The Labute approximate surface area is 173 Å². The van der Waals surface area contributed by atoms with Crippen molar-refractivity contribution in [1.29, 1.82) is 0 Å². The van der Waals surface area contributed by atoms with E-state index in [1.807, 2.05) is 42.6 Å². The molecule has 0 bridgehead atoms. The lowest BCUT2D eigenvalue weighted by Gasteiger charge is -2.12. The van der Waals surface area contributed by atoms with Crippen LogP contribution < -0.4 is 10.1 Å². The molecule has 0 fully saturated rings. The summed E-state index contributed by atoms with van der Waals surface area (Å²) in [6, 6.07) is 15.2. The van der Waals surface area contributed by atoms with Crippen molar-refractivity contribution in [3.05, 3.63) is 90.6 Å². The Hall–Kier alpha value is -4.00. The largest absolute Gasteiger partial charge is 0.488 e. The lowest BCUT2D eigenvalue weighted by Crippen LogP contribution is -2.34. The van der Waals surface area contributed by atoms with E-state index in [1.165, 1.54) is 0 Å². The van der Waals surface area contributed by atoms with Crippen molar-refractivity contribution in [2.24, 2.45) is 0 Å². The van der Waals surface area contributed by atoms with Crippen LogP contribution in [0.5, 0.6) is 5.75 Å². The van der Waals surface area contributed by atoms with Crippen LogP contribution in [0.1, 0.15) is 15.9 Å². The first-order valence-electron chi connectivity index (χ1n) is 9.70. The van der Waals surface area contributed by atoms with Gasteiger partial charge in [-0.2, -0.15) is 5.10 Å². The minimum Gasteiger partial charge on any atom is -0.488 e. The second kappa shape index (κ2) is 7.79. The van der Waals surface area contributed by atoms with Gasteiger partial charge in [-0.15, -0.1) is 0 Å². The molecule has 0 aliphatic carbocycles. The summed E-state index contributed by atoms with van der Waals surface area (Å²) in [7, 11) is 0. The summed E-state index contributed by atoms with van der Waals surface area (Å²) in [6.45, 7) is 0.431. The third-order valence-corrected chi connectivity index (χ3v) is 5.03. The smallest absolute Gasteiger partial charge is 0.251 e. The van der Waals surface area contributed by atoms with E-state index >= 15 is 0 Å². The van der Waals surface area contributed by atoms with E-state index < -0.39 is 0 Å². The highest BCUT2D eigenvalue weighted by Gasteiger charge is 2.24. The molecule has 0 saturated heterocycles. The Morgan fingerprint density at radius 2 is 2.10 bits per heavy atom. The van der Waals surface area contributed by atoms with Crippen LogP contribution in [0.2, 0.25) is 0 Å². The topological polar surface area (TPSA) is 81.9 Å². The number of hydrogen-bond donors (Lipinski definition) is 1. The fraction of sp³-hybridized carbons (Fsp3) is 0.130. The molecular weight excluding hydrogens is 378 g/mol. The average molecular weight is 397 g/mol. The van der Waals surface area contributed by atoms with Crippen LogP contribution in [0.15, 0.2) is 79.5 Å². The predicted octanol–water partition coefficient (Wildman–Crippen LogP) is 3.06. The molecule has 0 spiro atoms. The molecule has 1 atom stereocenters. The number of rotatable bonds is 5. The van der Waals surface area contributed by atoms with E-state index in [1.54, 1.807) is 35.5 Å². The van der Waals surface area contributed by atoms with Gasteiger partial charge in [-0.25, -0.2) is 4.68 Å². The van der Waals surface area contributed by atoms with Crippen LogP contribution in [0.25, 0.3) is 16.9 Å². The molecule has 7 heteroatoms. The normalized spacial score (nSPS) is 14.7. The number of hydrogen-bond acceptors (Lipinski definition) is 5. The van der Waals surface area contributed by atoms with Crippen LogP contribution in [-0.4, -0.2) is 38.3 Å². The first-order valence-corrected chi connectivity index (χ1v) is 9.70. The Balaban J connectivity index is 1.23. The van der Waals surface area contributed by atoms with Gasteiger partial charge in [0.15, 0.2) is 0 Å². The number of benzene rings is 2. The van der Waals surface area contributed by atoms with E-state index in [0.717, 1.165) is 34.7 Å². The van der Waals surface area contributed by atoms with Crippen LogP contribution in [0, 0.1) is 0 Å². The highest BCUT2D eigenvalue weighted by molar-refractivity contribution is 5.94. The van der Waals surface area contributed by atoms with Gasteiger partial charge in [-0.3, -0.25) is 14.8 Å². The number of carbonyl (C=O) groups excluding carboxylic acids is 1. The van der Waals surface area contributed by atoms with Gasteiger partial charge in [-0.05, 0) is 48.0 Å². The predicted molar refractivity (Wildman–Crippen MR) is 111 cm³/mol. The van der Waals surface area contributed by atoms with Crippen molar-refractivity contribution in [2.75, 3.05) is 6.54 Å². The maximum Gasteiger partial charge on any atom is 0.251 e. The van der Waals surface area contributed by atoms with E-state index in [4.69, 9.17) is 4.74 Å². The third kappa shape index (κ3) is 3.65. The summed E-state index contributed by atoms with van der Waals surface area (Å²) in [6.07, 6.45) is 9.26. The molecule has 0 saturated carbocycles. The number of aromatic nitrogens is 4. The van der Waals surface area contributed by atoms with Crippen LogP contribution in [-0.2, 0) is 6.42 Å². The summed E-state index contributed by atoms with van der Waals surface area (Å²) >= 11 is 0. The zero-order valence-corrected chi connectivity index (χ0v) is 16.1. The monoisotopic (exact) mass is 397 g/mol. The van der Waals surface area contributed by atoms with Crippen LogP contribution in [0.4, 0.5) is 0 Å². The summed E-state index contributed by atoms with van der Waals surface area (Å²) in [4.78, 5) is 21.1. The number of fused-ring (bicyclic) bond motifs is 1. The molecule has 1 aliphatic heterocycles. The van der Waals surface area contributed by atoms with Gasteiger partial charge < -0.3 is 10.1 Å². The number of nitrogens with zero attached hydrogens (tertiary/aromatic N) is 4. The van der Waals surface area contributed by atoms with E-state index in [-0.39, 0.29) is 12.0 Å². The Morgan fingerprint density at radius 3 is 2.93 bits per heavy atom. The molecule has 1 N–H and O–H groups in total. The fourth-order valence-electron chi connectivity index (χ4n) is 3.56. The molecule has 148 valence electrons. The quantitative estimate of drug-likeness (QED) is 0.560. The van der Waals surface area contributed by atoms with Crippen molar-refractivity contribution in [1.82, 2.24) is 25.1 Å². The number of amides is 1. The molecule has 30 heavy (non-hydrogen) atoms. The van der Waals surface area contributed by atoms with Crippen LogP contribution >= 0.6 is 0 Å². The lowest BCUT2D eigenvalue weighted by molar-refractivity contribution is 0.0933. The second-order valence-corrected chi connectivity index (χ2v) is 7.07. The minimum atomic E-state index is -0.135. The molecule has 1 unspecified atom stereocenters. The number of ether oxygens (including phenoxy) is 1. The maximum atomic E-state index is 12.6. The van der Waals surface area contributed by atoms with Gasteiger partial charge in [0.2, 0.25) is 0 Å². The Morgan fingerprint density at radius 1 is 1.13 bits per heavy atom. The molecule has 2 aromatic heterocycles. The number of nitrogens with one attached hydrogen (secondary N) is 1. The molecule has 5 rings (SSSR count). The standard InChI is InChI=1S/C23H19N5O2/c29-23(17-3-1-4-19(12-17)28-10-2-7-27-28)26-14-20-13-18-11-16(5-6-22(18)30-20)21-15-24-8-9-25-21/h1-12,15,20H,13-14H2,(H,26,29). The van der Waals surface area contributed by atoms with Crippen LogP contribution in [0.3, 0.4) is 0 Å². The third-order valence-electron chi connectivity index (χ3n) is 5.03. The van der Waals surface area contributed by atoms with E-state index in [9.17, 15) is 4.79 Å². The lowest BCUT2D eigenvalue weighted by atomic mass is 10.0. The zero-order chi connectivity index (χ0) is 20.3. The van der Waals surface area contributed by atoms with Crippen molar-refractivity contribution < 1.29 is 9.53 Å². The zero-order valence-electron chi connectivity index (χ0n) is 16.1. The molecular formula is C23H19N5O2. The van der Waals surface area contributed by atoms with Crippen molar-refractivity contribution >= 4 is 5.91 Å². The van der Waals surface area contributed by atoms with Gasteiger partial charge in [0, 0.05) is 42.3 Å². The summed E-state index contributed by atoms with van der Waals surface area (Å²) in [5.74, 6) is 0.714. The summed E-state index contributed by atoms with van der Waals surface area (Å²) < 4.78 is 7.73. The first kappa shape index (κ1) is 18.1. The molecule has 1 amide bonds. The fourth-order valence-corrected chi connectivity index (χ4v) is 3.56. The van der Waals surface area contributed by atoms with Gasteiger partial charge in [0.05, 0.1) is 24.1 Å². The van der Waals surface area contributed by atoms with Crippen molar-refractivity contribution in [3.8, 4) is 22.7 Å². The maximum absolute atomic E-state index is 12.6. The highest BCUT2D eigenvalue weighted by atomic mass is 16.5. The van der Waals surface area contributed by atoms with Gasteiger partial charge in [0.25, 0.3) is 5.91 Å². The SMILES string of the molecule is O=C(NCC1Cc2cc(-c3cnccn3)ccc2O1)c1cccc(-n2cccn2)c1. The second-order valence-electron chi connectivity index (χ2n) is 7.07. The molecule has 1 aliphatic rings. The Kier molecular flexibility index (Phi) is 4.69. The molecule has 7 nitrogen and oxygen atoms in total. The van der Waals surface area contributed by atoms with E-state index in [0.29, 0.717) is 12.1 Å². The summed E-state index contributed by atoms with van der Waals surface area (Å²) in [5, 5.41) is 7.18. The average Bonchev–Trinajstić information content (AvgIpc) is 3.47. The molecule has 3 heterocycles. The molecule has 0 radical (unpaired) electrons.